The summed E-state index contributed by atoms with van der Waals surface area (Å²) in [4.78, 5) is 0. The number of aryl methyl sites for hydroxylation is 2. The van der Waals surface area contributed by atoms with Gasteiger partial charge in [0.1, 0.15) is 5.75 Å². The molecule has 2 rings (SSSR count). The molecule has 0 radical (unpaired) electrons. The van der Waals surface area contributed by atoms with Crippen molar-refractivity contribution < 1.29 is 4.74 Å². The lowest BCUT2D eigenvalue weighted by molar-refractivity contribution is 0.406. The first-order chi connectivity index (χ1) is 9.69. The topological polar surface area (TPSA) is 39.1 Å². The van der Waals surface area contributed by atoms with E-state index in [-0.39, 0.29) is 6.04 Å². The van der Waals surface area contributed by atoms with Gasteiger partial charge in [0.25, 0.3) is 0 Å². The van der Waals surface area contributed by atoms with E-state index in [0.717, 1.165) is 30.0 Å². The second-order valence-electron chi connectivity index (χ2n) is 4.86. The van der Waals surface area contributed by atoms with Gasteiger partial charge in [0, 0.05) is 18.8 Å². The van der Waals surface area contributed by atoms with Crippen LogP contribution in [-0.4, -0.2) is 16.9 Å². The van der Waals surface area contributed by atoms with E-state index in [9.17, 15) is 0 Å². The maximum absolute atomic E-state index is 5.47. The van der Waals surface area contributed by atoms with Crippen LogP contribution >= 0.6 is 0 Å². The van der Waals surface area contributed by atoms with E-state index in [1.54, 1.807) is 7.11 Å². The van der Waals surface area contributed by atoms with Gasteiger partial charge in [-0.15, -0.1) is 0 Å². The molecule has 108 valence electrons. The number of para-hydroxylation sites is 1. The Kier molecular flexibility index (Phi) is 4.66. The molecular formula is C16H23N3O. The van der Waals surface area contributed by atoms with Crippen LogP contribution in [0.25, 0.3) is 0 Å². The van der Waals surface area contributed by atoms with E-state index in [2.05, 4.69) is 30.3 Å². The molecule has 0 aliphatic carbocycles. The van der Waals surface area contributed by atoms with Crippen LogP contribution in [0, 0.1) is 0 Å². The first kappa shape index (κ1) is 14.4. The van der Waals surface area contributed by atoms with Crippen molar-refractivity contribution >= 4 is 5.69 Å². The molecule has 0 aliphatic heterocycles. The highest BCUT2D eigenvalue weighted by molar-refractivity contribution is 5.50. The second-order valence-corrected chi connectivity index (χ2v) is 4.86. The smallest absolute Gasteiger partial charge is 0.124 e. The zero-order chi connectivity index (χ0) is 14.5. The summed E-state index contributed by atoms with van der Waals surface area (Å²) in [5.41, 5.74) is 3.39. The second kappa shape index (κ2) is 6.46. The monoisotopic (exact) mass is 273 g/mol. The van der Waals surface area contributed by atoms with Crippen LogP contribution in [0.15, 0.2) is 30.5 Å². The number of hydrogen-bond acceptors (Lipinski definition) is 3. The maximum Gasteiger partial charge on any atom is 0.124 e. The van der Waals surface area contributed by atoms with E-state index in [0.29, 0.717) is 0 Å². The molecule has 1 heterocycles. The van der Waals surface area contributed by atoms with Crippen molar-refractivity contribution in [1.29, 1.82) is 0 Å². The zero-order valence-corrected chi connectivity index (χ0v) is 12.7. The SMILES string of the molecule is CCc1nn(C)cc1NC(CC)c1ccccc1OC. The van der Waals surface area contributed by atoms with Gasteiger partial charge in [-0.3, -0.25) is 4.68 Å². The molecule has 4 heteroatoms. The lowest BCUT2D eigenvalue weighted by atomic mass is 10.0. The van der Waals surface area contributed by atoms with Gasteiger partial charge in [0.15, 0.2) is 0 Å². The molecule has 1 atom stereocenters. The van der Waals surface area contributed by atoms with Gasteiger partial charge in [0.2, 0.25) is 0 Å². The first-order valence-corrected chi connectivity index (χ1v) is 7.11. The standard InChI is InChI=1S/C16H23N3O/c1-5-13(12-9-7-8-10-16(12)20-4)17-15-11-19(3)18-14(15)6-2/h7-11,13,17H,5-6H2,1-4H3. The van der Waals surface area contributed by atoms with Crippen molar-refractivity contribution in [3.8, 4) is 5.75 Å². The Morgan fingerprint density at radius 3 is 2.70 bits per heavy atom. The summed E-state index contributed by atoms with van der Waals surface area (Å²) in [6, 6.07) is 8.38. The van der Waals surface area contributed by atoms with Crippen molar-refractivity contribution in [1.82, 2.24) is 9.78 Å². The third-order valence-corrected chi connectivity index (χ3v) is 3.49. The summed E-state index contributed by atoms with van der Waals surface area (Å²) in [5.74, 6) is 0.925. The summed E-state index contributed by atoms with van der Waals surface area (Å²) in [6.45, 7) is 4.30. The third kappa shape index (κ3) is 2.95. The molecule has 1 N–H and O–H groups in total. The largest absolute Gasteiger partial charge is 0.496 e. The minimum absolute atomic E-state index is 0.223. The highest BCUT2D eigenvalue weighted by Gasteiger charge is 2.16. The van der Waals surface area contributed by atoms with Crippen LogP contribution in [0.1, 0.15) is 37.6 Å². The Labute approximate surface area is 120 Å². The Balaban J connectivity index is 2.28. The van der Waals surface area contributed by atoms with Gasteiger partial charge in [-0.25, -0.2) is 0 Å². The maximum atomic E-state index is 5.47. The molecule has 1 aromatic heterocycles. The molecule has 0 saturated heterocycles. The van der Waals surface area contributed by atoms with Crippen molar-refractivity contribution in [3.05, 3.63) is 41.7 Å². The Bertz CT molecular complexity index is 563. The predicted octanol–water partition coefficient (Wildman–Crippen LogP) is 3.55. The molecule has 4 nitrogen and oxygen atoms in total. The number of methoxy groups -OCH3 is 1. The van der Waals surface area contributed by atoms with Gasteiger partial charge in [-0.05, 0) is 18.9 Å². The van der Waals surface area contributed by atoms with Crippen LogP contribution in [0.2, 0.25) is 0 Å². The quantitative estimate of drug-likeness (QED) is 0.874. The van der Waals surface area contributed by atoms with Crippen LogP contribution in [0.4, 0.5) is 5.69 Å². The minimum Gasteiger partial charge on any atom is -0.496 e. The number of anilines is 1. The molecule has 0 spiro atoms. The molecule has 0 aliphatic rings. The Morgan fingerprint density at radius 2 is 2.05 bits per heavy atom. The fourth-order valence-corrected chi connectivity index (χ4v) is 2.46. The number of nitrogens with one attached hydrogen (secondary N) is 1. The highest BCUT2D eigenvalue weighted by atomic mass is 16.5. The fraction of sp³-hybridized carbons (Fsp3) is 0.438. The van der Waals surface area contributed by atoms with E-state index in [1.807, 2.05) is 36.1 Å². The summed E-state index contributed by atoms with van der Waals surface area (Å²) in [7, 11) is 3.67. The van der Waals surface area contributed by atoms with E-state index >= 15 is 0 Å². The zero-order valence-electron chi connectivity index (χ0n) is 12.7. The molecule has 1 unspecified atom stereocenters. The van der Waals surface area contributed by atoms with Crippen LogP contribution in [0.5, 0.6) is 5.75 Å². The van der Waals surface area contributed by atoms with E-state index < -0.39 is 0 Å². The fourth-order valence-electron chi connectivity index (χ4n) is 2.46. The third-order valence-electron chi connectivity index (χ3n) is 3.49. The summed E-state index contributed by atoms with van der Waals surface area (Å²) < 4.78 is 7.32. The Hall–Kier alpha value is -1.97. The molecule has 0 saturated carbocycles. The average molecular weight is 273 g/mol. The number of nitrogens with zero attached hydrogens (tertiary/aromatic N) is 2. The lowest BCUT2D eigenvalue weighted by Crippen LogP contribution is -2.11. The van der Waals surface area contributed by atoms with Crippen LogP contribution in [0.3, 0.4) is 0 Å². The van der Waals surface area contributed by atoms with E-state index in [1.165, 1.54) is 5.56 Å². The number of aromatic nitrogens is 2. The van der Waals surface area contributed by atoms with Crippen molar-refractivity contribution in [2.24, 2.45) is 7.05 Å². The van der Waals surface area contributed by atoms with Gasteiger partial charge in [-0.2, -0.15) is 5.10 Å². The summed E-state index contributed by atoms with van der Waals surface area (Å²) in [6.07, 6.45) is 3.95. The van der Waals surface area contributed by atoms with Gasteiger partial charge in [0.05, 0.1) is 24.5 Å². The molecule has 0 amide bonds. The predicted molar refractivity (Wildman–Crippen MR) is 82.2 cm³/mol. The summed E-state index contributed by atoms with van der Waals surface area (Å²) >= 11 is 0. The molecular weight excluding hydrogens is 250 g/mol. The minimum atomic E-state index is 0.223. The molecule has 0 fully saturated rings. The number of hydrogen-bond donors (Lipinski definition) is 1. The molecule has 20 heavy (non-hydrogen) atoms. The number of benzene rings is 1. The lowest BCUT2D eigenvalue weighted by Gasteiger charge is -2.20. The van der Waals surface area contributed by atoms with Crippen molar-refractivity contribution in [2.45, 2.75) is 32.7 Å². The Morgan fingerprint density at radius 1 is 1.30 bits per heavy atom. The van der Waals surface area contributed by atoms with Crippen LogP contribution < -0.4 is 10.1 Å². The first-order valence-electron chi connectivity index (χ1n) is 7.11. The van der Waals surface area contributed by atoms with Gasteiger partial charge >= 0.3 is 0 Å². The number of ether oxygens (including phenoxy) is 1. The van der Waals surface area contributed by atoms with Crippen molar-refractivity contribution in [3.63, 3.8) is 0 Å². The normalized spacial score (nSPS) is 12.2. The average Bonchev–Trinajstić information content (AvgIpc) is 2.84. The molecule has 2 aromatic rings. The number of rotatable bonds is 6. The highest BCUT2D eigenvalue weighted by Crippen LogP contribution is 2.30. The van der Waals surface area contributed by atoms with E-state index in [4.69, 9.17) is 4.74 Å². The van der Waals surface area contributed by atoms with Crippen LogP contribution in [-0.2, 0) is 13.5 Å². The van der Waals surface area contributed by atoms with Crippen molar-refractivity contribution in [2.75, 3.05) is 12.4 Å². The van der Waals surface area contributed by atoms with Gasteiger partial charge in [-0.1, -0.05) is 32.0 Å². The molecule has 1 aromatic carbocycles. The molecule has 0 bridgehead atoms. The van der Waals surface area contributed by atoms with Gasteiger partial charge < -0.3 is 10.1 Å². The summed E-state index contributed by atoms with van der Waals surface area (Å²) in [5, 5.41) is 8.07.